The van der Waals surface area contributed by atoms with Gasteiger partial charge in [-0.2, -0.15) is 5.10 Å². The molecular weight excluding hydrogens is 346 g/mol. The third kappa shape index (κ3) is 4.87. The molecule has 1 aliphatic rings. The Hall–Kier alpha value is -2.38. The number of likely N-dealkylation sites (tertiary alicyclic amines) is 1. The van der Waals surface area contributed by atoms with E-state index >= 15 is 0 Å². The minimum atomic E-state index is -0.320. The number of methoxy groups -OCH3 is 2. The van der Waals surface area contributed by atoms with Crippen LogP contribution >= 0.6 is 0 Å². The number of benzene rings is 1. The van der Waals surface area contributed by atoms with E-state index in [4.69, 9.17) is 14.2 Å². The molecule has 0 radical (unpaired) electrons. The zero-order valence-electron chi connectivity index (χ0n) is 16.0. The number of aromatic nitrogens is 2. The first-order valence-corrected chi connectivity index (χ1v) is 9.31. The van der Waals surface area contributed by atoms with Gasteiger partial charge in [-0.1, -0.05) is 12.1 Å². The highest BCUT2D eigenvalue weighted by Gasteiger charge is 2.14. The number of nitrogens with zero attached hydrogens (tertiary/aromatic N) is 3. The van der Waals surface area contributed by atoms with Crippen molar-refractivity contribution in [1.82, 2.24) is 14.7 Å². The molecule has 3 rings (SSSR count). The second kappa shape index (κ2) is 9.53. The molecule has 27 heavy (non-hydrogen) atoms. The zero-order chi connectivity index (χ0) is 19.1. The van der Waals surface area contributed by atoms with Crippen molar-refractivity contribution in [3.63, 3.8) is 0 Å². The van der Waals surface area contributed by atoms with Crippen LogP contribution in [0.2, 0.25) is 0 Å². The molecule has 0 saturated carbocycles. The molecule has 2 heterocycles. The van der Waals surface area contributed by atoms with E-state index in [0.717, 1.165) is 24.3 Å². The smallest absolute Gasteiger partial charge is 0.311 e. The highest BCUT2D eigenvalue weighted by molar-refractivity contribution is 5.69. The molecule has 1 saturated heterocycles. The Labute approximate surface area is 159 Å². The van der Waals surface area contributed by atoms with Gasteiger partial charge >= 0.3 is 5.56 Å². The lowest BCUT2D eigenvalue weighted by Gasteiger charge is -2.14. The molecular formula is C20H27N3O4. The first-order chi connectivity index (χ1) is 13.2. The standard InChI is InChI=1S/C20H27N3O4/c1-25-15-23-20(24)19(26-2)18(14-21-23)16-6-8-17(9-7-16)27-13-5-12-22-10-3-4-11-22/h6-9,14H,3-5,10-13,15H2,1-2H3. The van der Waals surface area contributed by atoms with Crippen LogP contribution in [-0.4, -0.2) is 55.1 Å². The van der Waals surface area contributed by atoms with Crippen molar-refractivity contribution < 1.29 is 14.2 Å². The number of hydrogen-bond acceptors (Lipinski definition) is 6. The summed E-state index contributed by atoms with van der Waals surface area (Å²) in [5.74, 6) is 1.07. The van der Waals surface area contributed by atoms with Crippen LogP contribution in [0.15, 0.2) is 35.3 Å². The van der Waals surface area contributed by atoms with Gasteiger partial charge in [0.05, 0.1) is 19.9 Å². The first kappa shape index (κ1) is 19.4. The minimum Gasteiger partial charge on any atom is -0.494 e. The highest BCUT2D eigenvalue weighted by Crippen LogP contribution is 2.27. The van der Waals surface area contributed by atoms with Crippen LogP contribution < -0.4 is 15.0 Å². The van der Waals surface area contributed by atoms with E-state index in [-0.39, 0.29) is 18.0 Å². The summed E-state index contributed by atoms with van der Waals surface area (Å²) in [4.78, 5) is 14.9. The Bertz CT molecular complexity index is 783. The van der Waals surface area contributed by atoms with Gasteiger partial charge in [-0.3, -0.25) is 4.79 Å². The molecule has 1 aliphatic heterocycles. The average molecular weight is 373 g/mol. The van der Waals surface area contributed by atoms with Crippen molar-refractivity contribution in [1.29, 1.82) is 0 Å². The van der Waals surface area contributed by atoms with Crippen molar-refractivity contribution in [2.75, 3.05) is 40.5 Å². The number of rotatable bonds is 9. The Morgan fingerprint density at radius 2 is 1.85 bits per heavy atom. The van der Waals surface area contributed by atoms with Gasteiger partial charge in [-0.05, 0) is 50.0 Å². The van der Waals surface area contributed by atoms with E-state index in [1.165, 1.54) is 44.8 Å². The molecule has 1 aromatic heterocycles. The van der Waals surface area contributed by atoms with Crippen LogP contribution in [0.5, 0.6) is 11.5 Å². The maximum absolute atomic E-state index is 12.4. The predicted octanol–water partition coefficient (Wildman–Crippen LogP) is 2.39. The predicted molar refractivity (Wildman–Crippen MR) is 103 cm³/mol. The average Bonchev–Trinajstić information content (AvgIpc) is 3.21. The van der Waals surface area contributed by atoms with Gasteiger partial charge in [0, 0.05) is 19.2 Å². The van der Waals surface area contributed by atoms with Gasteiger partial charge in [0.25, 0.3) is 0 Å². The second-order valence-corrected chi connectivity index (χ2v) is 6.59. The summed E-state index contributed by atoms with van der Waals surface area (Å²) < 4.78 is 17.3. The highest BCUT2D eigenvalue weighted by atomic mass is 16.5. The quantitative estimate of drug-likeness (QED) is 0.629. The fourth-order valence-corrected chi connectivity index (χ4v) is 3.30. The van der Waals surface area contributed by atoms with Crippen molar-refractivity contribution in [2.45, 2.75) is 26.0 Å². The number of ether oxygens (including phenoxy) is 3. The Balaban J connectivity index is 1.62. The van der Waals surface area contributed by atoms with Gasteiger partial charge < -0.3 is 19.1 Å². The monoisotopic (exact) mass is 373 g/mol. The Morgan fingerprint density at radius 1 is 1.11 bits per heavy atom. The van der Waals surface area contributed by atoms with Crippen LogP contribution in [0.4, 0.5) is 0 Å². The minimum absolute atomic E-state index is 0.0830. The second-order valence-electron chi connectivity index (χ2n) is 6.59. The lowest BCUT2D eigenvalue weighted by Crippen LogP contribution is -2.25. The molecule has 1 aromatic carbocycles. The van der Waals surface area contributed by atoms with Crippen LogP contribution in [0.3, 0.4) is 0 Å². The topological polar surface area (TPSA) is 65.8 Å². The molecule has 0 amide bonds. The summed E-state index contributed by atoms with van der Waals surface area (Å²) in [7, 11) is 2.99. The lowest BCUT2D eigenvalue weighted by molar-refractivity contribution is 0.115. The Kier molecular flexibility index (Phi) is 6.84. The van der Waals surface area contributed by atoms with E-state index in [1.54, 1.807) is 6.20 Å². The summed E-state index contributed by atoms with van der Waals surface area (Å²) in [6.45, 7) is 4.31. The molecule has 0 N–H and O–H groups in total. The molecule has 0 unspecified atom stereocenters. The van der Waals surface area contributed by atoms with Crippen LogP contribution in [0.25, 0.3) is 11.1 Å². The van der Waals surface area contributed by atoms with Crippen molar-refractivity contribution in [2.24, 2.45) is 0 Å². The molecule has 0 spiro atoms. The lowest BCUT2D eigenvalue weighted by atomic mass is 10.1. The van der Waals surface area contributed by atoms with Gasteiger partial charge in [-0.15, -0.1) is 0 Å². The fourth-order valence-electron chi connectivity index (χ4n) is 3.30. The van der Waals surface area contributed by atoms with E-state index in [2.05, 4.69) is 10.00 Å². The van der Waals surface area contributed by atoms with Gasteiger partial charge in [-0.25, -0.2) is 4.68 Å². The summed E-state index contributed by atoms with van der Waals surface area (Å²) in [6, 6.07) is 7.64. The van der Waals surface area contributed by atoms with Crippen LogP contribution in [-0.2, 0) is 11.5 Å². The molecule has 7 nitrogen and oxygen atoms in total. The van der Waals surface area contributed by atoms with E-state index in [0.29, 0.717) is 12.2 Å². The van der Waals surface area contributed by atoms with E-state index < -0.39 is 0 Å². The van der Waals surface area contributed by atoms with Gasteiger partial charge in [0.1, 0.15) is 12.5 Å². The summed E-state index contributed by atoms with van der Waals surface area (Å²) in [6.07, 6.45) is 5.27. The molecule has 0 atom stereocenters. The van der Waals surface area contributed by atoms with Crippen molar-refractivity contribution in [3.05, 3.63) is 40.8 Å². The molecule has 0 aliphatic carbocycles. The fraction of sp³-hybridized carbons (Fsp3) is 0.500. The summed E-state index contributed by atoms with van der Waals surface area (Å²) in [5, 5.41) is 4.14. The molecule has 0 bridgehead atoms. The first-order valence-electron chi connectivity index (χ1n) is 9.31. The van der Waals surface area contributed by atoms with E-state index in [1.807, 2.05) is 24.3 Å². The maximum Gasteiger partial charge on any atom is 0.311 e. The third-order valence-electron chi connectivity index (χ3n) is 4.71. The maximum atomic E-state index is 12.4. The van der Waals surface area contributed by atoms with E-state index in [9.17, 15) is 4.79 Å². The van der Waals surface area contributed by atoms with Crippen LogP contribution in [0.1, 0.15) is 19.3 Å². The largest absolute Gasteiger partial charge is 0.494 e. The Morgan fingerprint density at radius 3 is 2.52 bits per heavy atom. The van der Waals surface area contributed by atoms with Gasteiger partial charge in [0.15, 0.2) is 5.75 Å². The van der Waals surface area contributed by atoms with Crippen LogP contribution in [0, 0.1) is 0 Å². The van der Waals surface area contributed by atoms with Crippen molar-refractivity contribution in [3.8, 4) is 22.6 Å². The zero-order valence-corrected chi connectivity index (χ0v) is 16.0. The molecule has 7 heteroatoms. The molecule has 1 fully saturated rings. The SMILES string of the molecule is COCn1ncc(-c2ccc(OCCCN3CCCC3)cc2)c(OC)c1=O. The number of hydrogen-bond donors (Lipinski definition) is 0. The van der Waals surface area contributed by atoms with Crippen molar-refractivity contribution >= 4 is 0 Å². The summed E-state index contributed by atoms with van der Waals surface area (Å²) >= 11 is 0. The molecule has 146 valence electrons. The molecule has 2 aromatic rings. The summed E-state index contributed by atoms with van der Waals surface area (Å²) in [5.41, 5.74) is 1.18. The van der Waals surface area contributed by atoms with Gasteiger partial charge in [0.2, 0.25) is 0 Å². The third-order valence-corrected chi connectivity index (χ3v) is 4.71. The normalized spacial score (nSPS) is 14.4.